The molecular weight excluding hydrogens is 229 g/mol. The van der Waals surface area contributed by atoms with Crippen LogP contribution in [-0.4, -0.2) is 17.4 Å². The number of nitrogens with one attached hydrogen (secondary N) is 1. The number of carbonyl (C=O) groups is 1. The average Bonchev–Trinajstić information content (AvgIpc) is 2.30. The van der Waals surface area contributed by atoms with E-state index in [1.54, 1.807) is 6.92 Å². The molecule has 0 radical (unpaired) electrons. The summed E-state index contributed by atoms with van der Waals surface area (Å²) < 4.78 is 13.4. The number of hydrogen-bond donors (Lipinski definition) is 2. The fraction of sp³-hybridized carbons (Fsp3) is 0.300. The second-order valence-electron chi connectivity index (χ2n) is 3.55. The van der Waals surface area contributed by atoms with Crippen molar-refractivity contribution in [1.29, 1.82) is 0 Å². The minimum absolute atomic E-state index is 0.0964. The number of hydrogen-bond acceptors (Lipinski definition) is 4. The van der Waals surface area contributed by atoms with Crippen LogP contribution in [0, 0.1) is 21.8 Å². The third kappa shape index (κ3) is 3.22. The summed E-state index contributed by atoms with van der Waals surface area (Å²) >= 11 is 0. The predicted molar refractivity (Wildman–Crippen MR) is 59.9 cm³/mol. The Balaban J connectivity index is 2.86. The molecule has 0 aliphatic heterocycles. The van der Waals surface area contributed by atoms with Crippen LogP contribution in [0.15, 0.2) is 18.2 Å². The van der Waals surface area contributed by atoms with Crippen molar-refractivity contribution in [2.75, 3.05) is 11.9 Å². The fourth-order valence-electron chi connectivity index (χ4n) is 1.08. The van der Waals surface area contributed by atoms with Crippen molar-refractivity contribution < 1.29 is 14.1 Å². The Morgan fingerprint density at radius 2 is 2.29 bits per heavy atom. The van der Waals surface area contributed by atoms with Gasteiger partial charge in [0.05, 0.1) is 16.7 Å². The number of anilines is 1. The molecule has 0 bridgehead atoms. The van der Waals surface area contributed by atoms with E-state index >= 15 is 0 Å². The average molecular weight is 241 g/mol. The fourth-order valence-corrected chi connectivity index (χ4v) is 1.08. The van der Waals surface area contributed by atoms with Crippen molar-refractivity contribution in [2.24, 2.45) is 11.7 Å². The first-order chi connectivity index (χ1) is 7.95. The number of carbonyl (C=O) groups excluding carboxylic acids is 1. The lowest BCUT2D eigenvalue weighted by Gasteiger charge is -2.10. The van der Waals surface area contributed by atoms with E-state index in [-0.39, 0.29) is 17.9 Å². The smallest absolute Gasteiger partial charge is 0.272 e. The number of halogens is 1. The summed E-state index contributed by atoms with van der Waals surface area (Å²) in [6, 6.07) is 3.02. The summed E-state index contributed by atoms with van der Waals surface area (Å²) in [7, 11) is 0. The van der Waals surface area contributed by atoms with Gasteiger partial charge in [-0.1, -0.05) is 6.92 Å². The molecule has 0 spiro atoms. The highest BCUT2D eigenvalue weighted by Crippen LogP contribution is 2.20. The minimum atomic E-state index is -0.850. The number of nitrogens with two attached hydrogens (primary N) is 1. The van der Waals surface area contributed by atoms with Gasteiger partial charge in [-0.15, -0.1) is 0 Å². The molecular formula is C10H12FN3O3. The van der Waals surface area contributed by atoms with Crippen LogP contribution in [0.5, 0.6) is 0 Å². The standard InChI is InChI=1S/C10H12FN3O3/c1-6(5-12)10(15)13-9-3-2-7(14(16)17)4-8(9)11/h2-4,6H,5,12H2,1H3,(H,13,15). The van der Waals surface area contributed by atoms with Crippen molar-refractivity contribution >= 4 is 17.3 Å². The molecule has 0 saturated heterocycles. The van der Waals surface area contributed by atoms with Gasteiger partial charge >= 0.3 is 0 Å². The van der Waals surface area contributed by atoms with Crippen molar-refractivity contribution in [2.45, 2.75) is 6.92 Å². The number of nitro benzene ring substituents is 1. The van der Waals surface area contributed by atoms with Gasteiger partial charge in [0, 0.05) is 18.5 Å². The number of nitrogens with zero attached hydrogens (tertiary/aromatic N) is 1. The zero-order valence-electron chi connectivity index (χ0n) is 9.14. The third-order valence-corrected chi connectivity index (χ3v) is 2.22. The summed E-state index contributed by atoms with van der Waals surface area (Å²) in [4.78, 5) is 21.1. The summed E-state index contributed by atoms with van der Waals surface area (Å²) in [5.74, 6) is -1.73. The van der Waals surface area contributed by atoms with Crippen LogP contribution in [0.25, 0.3) is 0 Å². The van der Waals surface area contributed by atoms with E-state index in [1.807, 2.05) is 0 Å². The molecule has 0 heterocycles. The van der Waals surface area contributed by atoms with Crippen LogP contribution in [0.2, 0.25) is 0 Å². The van der Waals surface area contributed by atoms with E-state index in [4.69, 9.17) is 5.73 Å². The largest absolute Gasteiger partial charge is 0.330 e. The topological polar surface area (TPSA) is 98.3 Å². The van der Waals surface area contributed by atoms with E-state index in [2.05, 4.69) is 5.32 Å². The molecule has 0 aromatic heterocycles. The highest BCUT2D eigenvalue weighted by molar-refractivity contribution is 5.92. The quantitative estimate of drug-likeness (QED) is 0.612. The zero-order chi connectivity index (χ0) is 13.0. The second kappa shape index (κ2) is 5.35. The van der Waals surface area contributed by atoms with Gasteiger partial charge in [0.25, 0.3) is 5.69 Å². The SMILES string of the molecule is CC(CN)C(=O)Nc1ccc([N+](=O)[O-])cc1F. The molecule has 0 aliphatic rings. The van der Waals surface area contributed by atoms with E-state index in [0.717, 1.165) is 18.2 Å². The van der Waals surface area contributed by atoms with Crippen molar-refractivity contribution in [3.63, 3.8) is 0 Å². The first-order valence-electron chi connectivity index (χ1n) is 4.90. The molecule has 7 heteroatoms. The first-order valence-corrected chi connectivity index (χ1v) is 4.90. The van der Waals surface area contributed by atoms with Gasteiger partial charge in [-0.05, 0) is 6.07 Å². The van der Waals surface area contributed by atoms with Crippen molar-refractivity contribution in [3.8, 4) is 0 Å². The highest BCUT2D eigenvalue weighted by Gasteiger charge is 2.15. The maximum atomic E-state index is 13.4. The van der Waals surface area contributed by atoms with Crippen LogP contribution in [0.3, 0.4) is 0 Å². The molecule has 6 nitrogen and oxygen atoms in total. The number of amides is 1. The lowest BCUT2D eigenvalue weighted by atomic mass is 10.1. The van der Waals surface area contributed by atoms with Gasteiger partial charge in [-0.2, -0.15) is 0 Å². The van der Waals surface area contributed by atoms with Crippen LogP contribution in [0.4, 0.5) is 15.8 Å². The molecule has 0 fully saturated rings. The van der Waals surface area contributed by atoms with Gasteiger partial charge in [0.1, 0.15) is 0 Å². The molecule has 1 atom stereocenters. The molecule has 1 aromatic carbocycles. The van der Waals surface area contributed by atoms with Gasteiger partial charge in [0.15, 0.2) is 5.82 Å². The van der Waals surface area contributed by atoms with Crippen LogP contribution in [-0.2, 0) is 4.79 Å². The lowest BCUT2D eigenvalue weighted by Crippen LogP contribution is -2.27. The maximum absolute atomic E-state index is 13.4. The molecule has 0 saturated carbocycles. The van der Waals surface area contributed by atoms with Gasteiger partial charge in [0.2, 0.25) is 5.91 Å². The van der Waals surface area contributed by atoms with Crippen molar-refractivity contribution in [3.05, 3.63) is 34.1 Å². The Hall–Kier alpha value is -2.02. The van der Waals surface area contributed by atoms with Crippen LogP contribution < -0.4 is 11.1 Å². The number of nitro groups is 1. The first kappa shape index (κ1) is 13.0. The van der Waals surface area contributed by atoms with Crippen LogP contribution >= 0.6 is 0 Å². The van der Waals surface area contributed by atoms with Gasteiger partial charge in [-0.25, -0.2) is 4.39 Å². The summed E-state index contributed by atoms with van der Waals surface area (Å²) in [5.41, 5.74) is 4.82. The van der Waals surface area contributed by atoms with Crippen LogP contribution in [0.1, 0.15) is 6.92 Å². The Labute approximate surface area is 96.8 Å². The Morgan fingerprint density at radius 1 is 1.65 bits per heavy atom. The number of non-ortho nitro benzene ring substituents is 1. The predicted octanol–water partition coefficient (Wildman–Crippen LogP) is 1.27. The summed E-state index contributed by atoms with van der Waals surface area (Å²) in [5, 5.41) is 12.7. The second-order valence-corrected chi connectivity index (χ2v) is 3.55. The summed E-state index contributed by atoms with van der Waals surface area (Å²) in [6.07, 6.45) is 0. The Morgan fingerprint density at radius 3 is 2.76 bits per heavy atom. The van der Waals surface area contributed by atoms with E-state index in [0.29, 0.717) is 0 Å². The monoisotopic (exact) mass is 241 g/mol. The number of benzene rings is 1. The molecule has 1 amide bonds. The van der Waals surface area contributed by atoms with E-state index < -0.39 is 22.6 Å². The maximum Gasteiger partial charge on any atom is 0.272 e. The third-order valence-electron chi connectivity index (χ3n) is 2.22. The molecule has 92 valence electrons. The normalized spacial score (nSPS) is 11.9. The van der Waals surface area contributed by atoms with E-state index in [9.17, 15) is 19.3 Å². The molecule has 0 aliphatic carbocycles. The minimum Gasteiger partial charge on any atom is -0.330 e. The van der Waals surface area contributed by atoms with Crippen molar-refractivity contribution in [1.82, 2.24) is 0 Å². The zero-order valence-corrected chi connectivity index (χ0v) is 9.14. The summed E-state index contributed by atoms with van der Waals surface area (Å²) in [6.45, 7) is 1.74. The molecule has 17 heavy (non-hydrogen) atoms. The van der Waals surface area contributed by atoms with Gasteiger partial charge in [-0.3, -0.25) is 14.9 Å². The molecule has 1 aromatic rings. The lowest BCUT2D eigenvalue weighted by molar-refractivity contribution is -0.385. The van der Waals surface area contributed by atoms with E-state index in [1.165, 1.54) is 0 Å². The highest BCUT2D eigenvalue weighted by atomic mass is 19.1. The molecule has 3 N–H and O–H groups in total. The number of rotatable bonds is 4. The molecule has 1 unspecified atom stereocenters. The Bertz CT molecular complexity index is 450. The Kier molecular flexibility index (Phi) is 4.11. The molecule has 1 rings (SSSR count). The van der Waals surface area contributed by atoms with Gasteiger partial charge < -0.3 is 11.1 Å².